The van der Waals surface area contributed by atoms with Crippen molar-refractivity contribution in [1.29, 1.82) is 0 Å². The topological polar surface area (TPSA) is 41.5 Å². The molecule has 1 aromatic carbocycles. The zero-order valence-electron chi connectivity index (χ0n) is 11.1. The van der Waals surface area contributed by atoms with Crippen LogP contribution in [0.1, 0.15) is 38.2 Å². The number of hydrogen-bond acceptors (Lipinski definition) is 3. The van der Waals surface area contributed by atoms with Crippen molar-refractivity contribution in [2.75, 3.05) is 6.54 Å². The highest BCUT2D eigenvalue weighted by Gasteiger charge is 2.26. The second kappa shape index (κ2) is 6.76. The fourth-order valence-electron chi connectivity index (χ4n) is 2.36. The Balaban J connectivity index is 1.90. The molecule has 100 valence electrons. The average molecular weight is 249 g/mol. The van der Waals surface area contributed by atoms with Crippen LogP contribution < -0.4 is 10.1 Å². The van der Waals surface area contributed by atoms with E-state index in [2.05, 4.69) is 24.4 Å². The summed E-state index contributed by atoms with van der Waals surface area (Å²) >= 11 is 0. The van der Waals surface area contributed by atoms with Crippen LogP contribution in [0, 0.1) is 0 Å². The maximum absolute atomic E-state index is 9.76. The van der Waals surface area contributed by atoms with E-state index < -0.39 is 0 Å². The highest BCUT2D eigenvalue weighted by molar-refractivity contribution is 5.28. The van der Waals surface area contributed by atoms with Gasteiger partial charge in [0, 0.05) is 6.54 Å². The third-order valence-corrected chi connectivity index (χ3v) is 3.36. The number of hydrogen-bond donors (Lipinski definition) is 2. The van der Waals surface area contributed by atoms with Gasteiger partial charge in [-0.05, 0) is 49.9 Å². The molecule has 0 aliphatic heterocycles. The minimum absolute atomic E-state index is 0.0242. The average Bonchev–Trinajstić information content (AvgIpc) is 2.76. The standard InChI is InChI=1S/C15H23NO2/c1-2-9-16-11-12-5-3-6-13(10-12)18-15-8-4-7-14(15)17/h3,5-6,10,14-17H,2,4,7-9,11H2,1H3. The van der Waals surface area contributed by atoms with Gasteiger partial charge in [0.05, 0.1) is 6.10 Å². The fraction of sp³-hybridized carbons (Fsp3) is 0.600. The maximum Gasteiger partial charge on any atom is 0.124 e. The van der Waals surface area contributed by atoms with Gasteiger partial charge in [-0.15, -0.1) is 0 Å². The Hall–Kier alpha value is -1.06. The van der Waals surface area contributed by atoms with Crippen molar-refractivity contribution < 1.29 is 9.84 Å². The van der Waals surface area contributed by atoms with E-state index in [-0.39, 0.29) is 12.2 Å². The molecule has 3 nitrogen and oxygen atoms in total. The number of rotatable bonds is 6. The summed E-state index contributed by atoms with van der Waals surface area (Å²) in [7, 11) is 0. The van der Waals surface area contributed by atoms with Crippen molar-refractivity contribution in [3.05, 3.63) is 29.8 Å². The van der Waals surface area contributed by atoms with Crippen molar-refractivity contribution in [3.8, 4) is 5.75 Å². The van der Waals surface area contributed by atoms with Crippen LogP contribution in [0.3, 0.4) is 0 Å². The van der Waals surface area contributed by atoms with Gasteiger partial charge in [0.25, 0.3) is 0 Å². The Morgan fingerprint density at radius 2 is 2.28 bits per heavy atom. The number of aliphatic hydroxyl groups excluding tert-OH is 1. The van der Waals surface area contributed by atoms with Gasteiger partial charge in [-0.25, -0.2) is 0 Å². The Kier molecular flexibility index (Phi) is 5.02. The van der Waals surface area contributed by atoms with Gasteiger partial charge in [0.1, 0.15) is 11.9 Å². The summed E-state index contributed by atoms with van der Waals surface area (Å²) in [6.07, 6.45) is 3.70. The molecule has 2 N–H and O–H groups in total. The van der Waals surface area contributed by atoms with Gasteiger partial charge in [-0.1, -0.05) is 19.1 Å². The lowest BCUT2D eigenvalue weighted by Gasteiger charge is -2.17. The molecule has 0 bridgehead atoms. The molecule has 0 aromatic heterocycles. The van der Waals surface area contributed by atoms with Gasteiger partial charge in [-0.2, -0.15) is 0 Å². The molecule has 3 heteroatoms. The molecule has 1 fully saturated rings. The first-order valence-corrected chi connectivity index (χ1v) is 6.94. The number of benzene rings is 1. The highest BCUT2D eigenvalue weighted by atomic mass is 16.5. The molecule has 0 heterocycles. The Bertz CT molecular complexity index is 367. The van der Waals surface area contributed by atoms with Crippen molar-refractivity contribution in [3.63, 3.8) is 0 Å². The Morgan fingerprint density at radius 1 is 1.39 bits per heavy atom. The Labute approximate surface area is 109 Å². The van der Waals surface area contributed by atoms with E-state index in [0.29, 0.717) is 0 Å². The van der Waals surface area contributed by atoms with Crippen LogP contribution >= 0.6 is 0 Å². The summed E-state index contributed by atoms with van der Waals surface area (Å²) in [6, 6.07) is 8.14. The van der Waals surface area contributed by atoms with E-state index in [1.807, 2.05) is 12.1 Å². The number of ether oxygens (including phenoxy) is 1. The van der Waals surface area contributed by atoms with Crippen molar-refractivity contribution in [1.82, 2.24) is 5.32 Å². The summed E-state index contributed by atoms with van der Waals surface area (Å²) in [6.45, 7) is 4.07. The van der Waals surface area contributed by atoms with E-state index in [1.54, 1.807) is 0 Å². The highest BCUT2D eigenvalue weighted by Crippen LogP contribution is 2.25. The van der Waals surface area contributed by atoms with Gasteiger partial charge < -0.3 is 15.2 Å². The second-order valence-electron chi connectivity index (χ2n) is 4.98. The third-order valence-electron chi connectivity index (χ3n) is 3.36. The van der Waals surface area contributed by atoms with Crippen LogP contribution in [0.15, 0.2) is 24.3 Å². The largest absolute Gasteiger partial charge is 0.488 e. The van der Waals surface area contributed by atoms with Gasteiger partial charge in [-0.3, -0.25) is 0 Å². The van der Waals surface area contributed by atoms with Crippen LogP contribution in [0.4, 0.5) is 0 Å². The summed E-state index contributed by atoms with van der Waals surface area (Å²) < 4.78 is 5.86. The van der Waals surface area contributed by atoms with Crippen LogP contribution in [0.5, 0.6) is 5.75 Å². The molecule has 1 aliphatic rings. The SMILES string of the molecule is CCCNCc1cccc(OC2CCCC2O)c1. The molecule has 1 aromatic rings. The maximum atomic E-state index is 9.76. The van der Waals surface area contributed by atoms with Gasteiger partial charge in [0.2, 0.25) is 0 Å². The molecular weight excluding hydrogens is 226 g/mol. The van der Waals surface area contributed by atoms with E-state index in [0.717, 1.165) is 44.5 Å². The van der Waals surface area contributed by atoms with E-state index in [1.165, 1.54) is 5.56 Å². The number of aliphatic hydroxyl groups is 1. The monoisotopic (exact) mass is 249 g/mol. The van der Waals surface area contributed by atoms with Crippen LogP contribution in [0.2, 0.25) is 0 Å². The van der Waals surface area contributed by atoms with E-state index >= 15 is 0 Å². The lowest BCUT2D eigenvalue weighted by atomic mass is 10.2. The summed E-state index contributed by atoms with van der Waals surface area (Å²) in [5.41, 5.74) is 1.23. The Morgan fingerprint density at radius 3 is 3.00 bits per heavy atom. The zero-order valence-corrected chi connectivity index (χ0v) is 11.1. The second-order valence-corrected chi connectivity index (χ2v) is 4.98. The molecule has 1 saturated carbocycles. The van der Waals surface area contributed by atoms with Crippen LogP contribution in [0.25, 0.3) is 0 Å². The summed E-state index contributed by atoms with van der Waals surface area (Å²) in [5, 5.41) is 13.1. The molecule has 0 amide bonds. The molecule has 0 radical (unpaired) electrons. The summed E-state index contributed by atoms with van der Waals surface area (Å²) in [4.78, 5) is 0. The van der Waals surface area contributed by atoms with Gasteiger partial charge in [0.15, 0.2) is 0 Å². The predicted octanol–water partition coefficient (Wildman–Crippen LogP) is 2.48. The smallest absolute Gasteiger partial charge is 0.124 e. The van der Waals surface area contributed by atoms with Crippen molar-refractivity contribution in [2.45, 2.75) is 51.4 Å². The fourth-order valence-corrected chi connectivity index (χ4v) is 2.36. The first-order valence-electron chi connectivity index (χ1n) is 6.94. The lowest BCUT2D eigenvalue weighted by molar-refractivity contribution is 0.0603. The van der Waals surface area contributed by atoms with Gasteiger partial charge >= 0.3 is 0 Å². The van der Waals surface area contributed by atoms with E-state index in [9.17, 15) is 5.11 Å². The van der Waals surface area contributed by atoms with Crippen molar-refractivity contribution >= 4 is 0 Å². The van der Waals surface area contributed by atoms with Crippen LogP contribution in [-0.4, -0.2) is 23.9 Å². The summed E-state index contributed by atoms with van der Waals surface area (Å²) in [5.74, 6) is 0.872. The van der Waals surface area contributed by atoms with E-state index in [4.69, 9.17) is 4.74 Å². The molecule has 2 rings (SSSR count). The molecule has 18 heavy (non-hydrogen) atoms. The minimum atomic E-state index is -0.299. The zero-order chi connectivity index (χ0) is 12.8. The third kappa shape index (κ3) is 3.72. The quantitative estimate of drug-likeness (QED) is 0.761. The number of nitrogens with one attached hydrogen (secondary N) is 1. The molecule has 0 spiro atoms. The molecule has 2 atom stereocenters. The van der Waals surface area contributed by atoms with Crippen molar-refractivity contribution in [2.24, 2.45) is 0 Å². The lowest BCUT2D eigenvalue weighted by Crippen LogP contribution is -2.25. The molecule has 2 unspecified atom stereocenters. The first kappa shape index (κ1) is 13.4. The molecule has 1 aliphatic carbocycles. The predicted molar refractivity (Wildman–Crippen MR) is 72.7 cm³/mol. The molecule has 0 saturated heterocycles. The molecular formula is C15H23NO2. The van der Waals surface area contributed by atoms with Crippen LogP contribution in [-0.2, 0) is 6.54 Å². The minimum Gasteiger partial charge on any atom is -0.488 e. The normalized spacial score (nSPS) is 23.2. The first-order chi connectivity index (χ1) is 8.79.